The molecule has 2 aliphatic rings. The van der Waals surface area contributed by atoms with E-state index in [4.69, 9.17) is 0 Å². The lowest BCUT2D eigenvalue weighted by Crippen LogP contribution is -2.31. The maximum atomic E-state index is 14.4. The summed E-state index contributed by atoms with van der Waals surface area (Å²) in [6.45, 7) is 0.172. The van der Waals surface area contributed by atoms with Gasteiger partial charge in [0.05, 0.1) is 0 Å². The molecule has 0 spiro atoms. The van der Waals surface area contributed by atoms with E-state index in [9.17, 15) is 35.6 Å². The fourth-order valence-electron chi connectivity index (χ4n) is 4.03. The van der Waals surface area contributed by atoms with Crippen LogP contribution in [0.3, 0.4) is 0 Å². The highest BCUT2D eigenvalue weighted by atomic mass is 32.2. The molecule has 0 radical (unpaired) electrons. The molecule has 2 unspecified atom stereocenters. The Morgan fingerprint density at radius 3 is 2.10 bits per heavy atom. The smallest absolute Gasteiger partial charge is 0.255 e. The summed E-state index contributed by atoms with van der Waals surface area (Å²) in [6.07, 6.45) is 0.568. The molecule has 2 fully saturated rings. The molecular weight excluding hydrogens is 440 g/mol. The van der Waals surface area contributed by atoms with Crippen LogP contribution >= 0.6 is 0 Å². The molecule has 164 valence electrons. The fourth-order valence-corrected chi connectivity index (χ4v) is 5.68. The fraction of sp³-hybridized carbons (Fsp3) is 0.300. The minimum Gasteiger partial charge on any atom is -0.322 e. The van der Waals surface area contributed by atoms with Crippen molar-refractivity contribution in [2.75, 3.05) is 18.4 Å². The molecule has 0 aromatic heterocycles. The number of carbonyl (C=O) groups is 2. The number of sulfonamides is 1. The number of halogens is 4. The lowest BCUT2D eigenvalue weighted by molar-refractivity contribution is -0.117. The molecule has 2 aromatic carbocycles. The second-order valence-corrected chi connectivity index (χ2v) is 9.55. The van der Waals surface area contributed by atoms with Gasteiger partial charge in [-0.25, -0.2) is 26.0 Å². The monoisotopic (exact) mass is 456 g/mol. The van der Waals surface area contributed by atoms with E-state index < -0.39 is 49.8 Å². The van der Waals surface area contributed by atoms with Gasteiger partial charge in [0.1, 0.15) is 16.5 Å². The van der Waals surface area contributed by atoms with Gasteiger partial charge in [0.25, 0.3) is 5.91 Å². The Kier molecular flexibility index (Phi) is 5.34. The molecule has 1 aliphatic carbocycles. The van der Waals surface area contributed by atoms with Gasteiger partial charge in [-0.05, 0) is 30.0 Å². The van der Waals surface area contributed by atoms with Crippen LogP contribution in [0.1, 0.15) is 23.2 Å². The summed E-state index contributed by atoms with van der Waals surface area (Å²) < 4.78 is 81.1. The van der Waals surface area contributed by atoms with Gasteiger partial charge in [-0.2, -0.15) is 4.31 Å². The number of benzene rings is 2. The molecule has 1 amide bonds. The van der Waals surface area contributed by atoms with Gasteiger partial charge in [0.2, 0.25) is 10.0 Å². The summed E-state index contributed by atoms with van der Waals surface area (Å²) in [5.41, 5.74) is -0.674. The molecule has 1 N–H and O–H groups in total. The molecule has 1 saturated heterocycles. The number of hydrogen-bond donors (Lipinski definition) is 1. The maximum Gasteiger partial charge on any atom is 0.255 e. The van der Waals surface area contributed by atoms with E-state index >= 15 is 0 Å². The number of ketones is 1. The topological polar surface area (TPSA) is 83.6 Å². The summed E-state index contributed by atoms with van der Waals surface area (Å²) in [4.78, 5) is 23.2. The van der Waals surface area contributed by atoms with Gasteiger partial charge >= 0.3 is 0 Å². The molecular formula is C20H16F4N2O4S. The van der Waals surface area contributed by atoms with Crippen LogP contribution in [-0.4, -0.2) is 37.5 Å². The largest absolute Gasteiger partial charge is 0.322 e. The maximum absolute atomic E-state index is 14.4. The molecule has 2 atom stereocenters. The van der Waals surface area contributed by atoms with Crippen LogP contribution in [0.15, 0.2) is 35.2 Å². The van der Waals surface area contributed by atoms with Gasteiger partial charge in [-0.1, -0.05) is 0 Å². The first kappa shape index (κ1) is 21.4. The third-order valence-corrected chi connectivity index (χ3v) is 7.42. The van der Waals surface area contributed by atoms with Crippen molar-refractivity contribution in [1.29, 1.82) is 0 Å². The number of amides is 1. The lowest BCUT2D eigenvalue weighted by atomic mass is 10.0. The average Bonchev–Trinajstić information content (AvgIpc) is 3.24. The van der Waals surface area contributed by atoms with Crippen LogP contribution in [0.5, 0.6) is 0 Å². The Balaban J connectivity index is 1.58. The van der Waals surface area contributed by atoms with Crippen molar-refractivity contribution in [3.8, 4) is 0 Å². The molecule has 31 heavy (non-hydrogen) atoms. The van der Waals surface area contributed by atoms with Crippen molar-refractivity contribution < 1.29 is 35.6 Å². The van der Waals surface area contributed by atoms with Gasteiger partial charge in [-0.15, -0.1) is 0 Å². The number of nitrogens with zero attached hydrogens (tertiary/aromatic N) is 1. The second-order valence-electron chi connectivity index (χ2n) is 7.64. The standard InChI is InChI=1S/C20H16F4N2O4S/c21-15-2-1-10(20(28)25-13-6-16(22)19(24)17(23)7-13)5-18(15)31(29,30)26-8-11-3-14(27)4-12(11)9-26/h1-2,5-7,11-12H,3-4,8-9H2,(H,25,28). The first-order valence-corrected chi connectivity index (χ1v) is 10.8. The van der Waals surface area contributed by atoms with Gasteiger partial charge in [0.15, 0.2) is 17.5 Å². The number of hydrogen-bond acceptors (Lipinski definition) is 4. The third-order valence-electron chi connectivity index (χ3n) is 5.58. The van der Waals surface area contributed by atoms with Crippen molar-refractivity contribution in [3.63, 3.8) is 0 Å². The SMILES string of the molecule is O=C1CC2CN(S(=O)(=O)c3cc(C(=O)Nc4cc(F)c(F)c(F)c4)ccc3F)CC2C1. The molecule has 0 bridgehead atoms. The second kappa shape index (κ2) is 7.72. The number of anilines is 1. The predicted molar refractivity (Wildman–Crippen MR) is 101 cm³/mol. The molecule has 2 aromatic rings. The zero-order chi connectivity index (χ0) is 22.5. The first-order chi connectivity index (χ1) is 14.6. The summed E-state index contributed by atoms with van der Waals surface area (Å²) in [5, 5.41) is 2.12. The van der Waals surface area contributed by atoms with E-state index in [1.165, 1.54) is 0 Å². The molecule has 4 rings (SSSR count). The number of rotatable bonds is 4. The van der Waals surface area contributed by atoms with Crippen LogP contribution in [0.25, 0.3) is 0 Å². The quantitative estimate of drug-likeness (QED) is 0.566. The Morgan fingerprint density at radius 1 is 0.935 bits per heavy atom. The van der Waals surface area contributed by atoms with Crippen LogP contribution < -0.4 is 5.32 Å². The Bertz CT molecular complexity index is 1160. The van der Waals surface area contributed by atoms with Crippen molar-refractivity contribution in [2.45, 2.75) is 17.7 Å². The minimum atomic E-state index is -4.28. The van der Waals surface area contributed by atoms with Crippen LogP contribution in [0.4, 0.5) is 23.2 Å². The molecule has 1 saturated carbocycles. The minimum absolute atomic E-state index is 0.0746. The van der Waals surface area contributed by atoms with E-state index in [0.717, 1.165) is 22.5 Å². The third kappa shape index (κ3) is 3.94. The number of carbonyl (C=O) groups excluding carboxylic acids is 2. The van der Waals surface area contributed by atoms with Crippen LogP contribution in [0, 0.1) is 35.1 Å². The number of nitrogens with one attached hydrogen (secondary N) is 1. The summed E-state index contributed by atoms with van der Waals surface area (Å²) in [6, 6.07) is 3.75. The normalized spacial score (nSPS) is 21.4. The Morgan fingerprint density at radius 2 is 1.52 bits per heavy atom. The predicted octanol–water partition coefficient (Wildman–Crippen LogP) is 3.09. The van der Waals surface area contributed by atoms with Gasteiger partial charge in [-0.3, -0.25) is 9.59 Å². The molecule has 1 heterocycles. The first-order valence-electron chi connectivity index (χ1n) is 9.33. The van der Waals surface area contributed by atoms with E-state index in [1.54, 1.807) is 0 Å². The average molecular weight is 456 g/mol. The van der Waals surface area contributed by atoms with Crippen LogP contribution in [0.2, 0.25) is 0 Å². The van der Waals surface area contributed by atoms with Crippen molar-refractivity contribution >= 4 is 27.4 Å². The highest BCUT2D eigenvalue weighted by molar-refractivity contribution is 7.89. The van der Waals surface area contributed by atoms with E-state index in [0.29, 0.717) is 12.1 Å². The molecule has 1 aliphatic heterocycles. The number of Topliss-reactive ketones (excluding diaryl/α,β-unsaturated/α-hetero) is 1. The molecule has 6 nitrogen and oxygen atoms in total. The zero-order valence-electron chi connectivity index (χ0n) is 15.9. The summed E-state index contributed by atoms with van der Waals surface area (Å²) in [5.74, 6) is -6.92. The Labute approximate surface area is 174 Å². The van der Waals surface area contributed by atoms with Crippen LogP contribution in [-0.2, 0) is 14.8 Å². The van der Waals surface area contributed by atoms with E-state index in [-0.39, 0.29) is 49.1 Å². The highest BCUT2D eigenvalue weighted by Crippen LogP contribution is 2.38. The van der Waals surface area contributed by atoms with Crippen molar-refractivity contribution in [1.82, 2.24) is 4.31 Å². The van der Waals surface area contributed by atoms with Gasteiger partial charge in [0, 0.05) is 49.3 Å². The summed E-state index contributed by atoms with van der Waals surface area (Å²) in [7, 11) is -4.28. The van der Waals surface area contributed by atoms with Gasteiger partial charge < -0.3 is 5.32 Å². The zero-order valence-corrected chi connectivity index (χ0v) is 16.7. The number of fused-ring (bicyclic) bond motifs is 1. The molecule has 11 heteroatoms. The van der Waals surface area contributed by atoms with E-state index in [1.807, 2.05) is 0 Å². The Hall–Kier alpha value is -2.79. The lowest BCUT2D eigenvalue weighted by Gasteiger charge is -2.18. The summed E-state index contributed by atoms with van der Waals surface area (Å²) >= 11 is 0. The highest BCUT2D eigenvalue weighted by Gasteiger charge is 2.45. The van der Waals surface area contributed by atoms with Crippen molar-refractivity contribution in [3.05, 3.63) is 59.2 Å². The van der Waals surface area contributed by atoms with E-state index in [2.05, 4.69) is 5.32 Å². The van der Waals surface area contributed by atoms with Crippen molar-refractivity contribution in [2.24, 2.45) is 11.8 Å².